The molecule has 1 aliphatic rings. The van der Waals surface area contributed by atoms with E-state index < -0.39 is 3.17 Å². The van der Waals surface area contributed by atoms with Crippen LogP contribution in [0.15, 0.2) is 22.4 Å². The van der Waals surface area contributed by atoms with Gasteiger partial charge in [0.2, 0.25) is 0 Å². The minimum atomic E-state index is -3.83. The van der Waals surface area contributed by atoms with Gasteiger partial charge in [-0.05, 0) is 0 Å². The predicted molar refractivity (Wildman–Crippen MR) is 79.2 cm³/mol. The van der Waals surface area contributed by atoms with E-state index in [1.165, 1.54) is 0 Å². The van der Waals surface area contributed by atoms with Gasteiger partial charge in [0, 0.05) is 0 Å². The third-order valence-corrected chi connectivity index (χ3v) is 20.4. The van der Waals surface area contributed by atoms with Crippen LogP contribution in [-0.2, 0) is 3.17 Å². The fourth-order valence-electron chi connectivity index (χ4n) is 1.17. The summed E-state index contributed by atoms with van der Waals surface area (Å²) in [5, 5.41) is 0. The molecule has 82 valence electrons. The minimum absolute atomic E-state index is 1.13. The molecule has 0 fully saturated rings. The normalized spacial score (nSPS) is 29.6. The number of rotatable bonds is 1. The van der Waals surface area contributed by atoms with Crippen molar-refractivity contribution in [3.8, 4) is 0 Å². The van der Waals surface area contributed by atoms with Crippen LogP contribution in [0.2, 0.25) is 27.4 Å². The van der Waals surface area contributed by atoms with Gasteiger partial charge in [0.15, 0.2) is 0 Å². The summed E-state index contributed by atoms with van der Waals surface area (Å²) in [6.07, 6.45) is 7.90. The van der Waals surface area contributed by atoms with E-state index in [0.717, 1.165) is 6.42 Å². The van der Waals surface area contributed by atoms with Crippen molar-refractivity contribution in [2.24, 2.45) is 0 Å². The van der Waals surface area contributed by atoms with E-state index in [-0.39, 0.29) is 0 Å². The maximum absolute atomic E-state index is 3.83. The summed E-state index contributed by atoms with van der Waals surface area (Å²) in [7, 11) is 0. The van der Waals surface area contributed by atoms with E-state index in [9.17, 15) is 0 Å². The molecule has 3 heteroatoms. The Morgan fingerprint density at radius 1 is 1.08 bits per heavy atom. The van der Waals surface area contributed by atoms with E-state index >= 15 is 0 Å². The summed E-state index contributed by atoms with van der Waals surface area (Å²) in [4.78, 5) is 0. The van der Waals surface area contributed by atoms with Crippen molar-refractivity contribution in [3.05, 3.63) is 22.4 Å². The van der Waals surface area contributed by atoms with Crippen molar-refractivity contribution in [2.75, 3.05) is 0 Å². The quantitative estimate of drug-likeness (QED) is 0.329. The second kappa shape index (κ2) is 1.61. The van der Waals surface area contributed by atoms with Gasteiger partial charge in [0.05, 0.1) is 0 Å². The van der Waals surface area contributed by atoms with Crippen molar-refractivity contribution in [1.29, 1.82) is 0 Å². The van der Waals surface area contributed by atoms with E-state index in [0.29, 0.717) is 0 Å². The van der Waals surface area contributed by atoms with E-state index in [2.05, 4.69) is 85.0 Å². The second-order valence-corrected chi connectivity index (χ2v) is 138. The first-order valence-electron chi connectivity index (χ1n) is 3.93. The van der Waals surface area contributed by atoms with Gasteiger partial charge in [-0.1, -0.05) is 0 Å². The van der Waals surface area contributed by atoms with Crippen LogP contribution in [-0.4, -0.2) is 0 Å². The van der Waals surface area contributed by atoms with E-state index in [1.807, 2.05) is 0 Å². The molecule has 13 heavy (non-hydrogen) atoms. The Hall–Kier alpha value is 1.58. The van der Waals surface area contributed by atoms with E-state index in [4.69, 9.17) is 0 Å². The Bertz CT molecular complexity index is 344. The van der Waals surface area contributed by atoms with Gasteiger partial charge in [-0.2, -0.15) is 0 Å². The van der Waals surface area contributed by atoms with Crippen LogP contribution in [0.3, 0.4) is 0 Å². The molecule has 0 amide bonds. The molecule has 0 aromatic heterocycles. The number of hydrogen-bond donors (Lipinski definition) is 0. The molecule has 0 heterocycles. The summed E-state index contributed by atoms with van der Waals surface area (Å²) >= 11 is 5.53. The zero-order chi connectivity index (χ0) is 10.8. The number of halogens is 2. The van der Waals surface area contributed by atoms with Crippen LogP contribution in [0.25, 0.3) is 0 Å². The van der Waals surface area contributed by atoms with Gasteiger partial charge in [0.1, 0.15) is 0 Å². The van der Waals surface area contributed by atoms with Crippen molar-refractivity contribution in [3.63, 3.8) is 0 Å². The van der Waals surface area contributed by atoms with Crippen molar-refractivity contribution in [2.45, 2.75) is 33.8 Å². The van der Waals surface area contributed by atoms with Crippen molar-refractivity contribution >= 4 is 39.3 Å². The fraction of sp³-hybridized carbons (Fsp3) is 0.600. The number of allylic oxidation sites excluding steroid dienone is 4. The molecule has 0 nitrogen and oxygen atoms in total. The maximum atomic E-state index is 2.76. The molecule has 0 saturated carbocycles. The van der Waals surface area contributed by atoms with Crippen molar-refractivity contribution in [1.82, 2.24) is 0 Å². The SMILES string of the molecule is [CH3][Os]([CH3])([CH3])([CH3])([CH3])([I])([I])[C]1=CC=CC1. The Kier molecular flexibility index (Phi) is 1.56. The second-order valence-electron chi connectivity index (χ2n) is 7.17. The molecule has 0 spiro atoms. The van der Waals surface area contributed by atoms with Gasteiger partial charge in [0.25, 0.3) is 0 Å². The predicted octanol–water partition coefficient (Wildman–Crippen LogP) is 6.07. The standard InChI is InChI=1S/C5H5.5CH3.2HI.Os/c1-2-4-5-3-1;;;;;;;;/h1-3H,4H2;5*1H3;2*1H;/q;;;;;;;;+2/p-2. The Morgan fingerprint density at radius 2 is 1.54 bits per heavy atom. The Morgan fingerprint density at radius 3 is 1.69 bits per heavy atom. The first kappa shape index (κ1) is 12.6. The van der Waals surface area contributed by atoms with Gasteiger partial charge in [-0.25, -0.2) is 0 Å². The third kappa shape index (κ3) is 3.57. The summed E-state index contributed by atoms with van der Waals surface area (Å²) in [6, 6.07) is 0. The molecule has 0 radical (unpaired) electrons. The Labute approximate surface area is 97.2 Å². The molecule has 1 aliphatic carbocycles. The van der Waals surface area contributed by atoms with Crippen LogP contribution >= 0.6 is 39.3 Å². The Balaban J connectivity index is 3.65. The molecule has 0 unspecified atom stereocenters. The zero-order valence-electron chi connectivity index (χ0n) is 9.05. The number of hydrogen-bond acceptors (Lipinski definition) is 0. The van der Waals surface area contributed by atoms with Crippen LogP contribution < -0.4 is 0 Å². The van der Waals surface area contributed by atoms with Gasteiger partial charge < -0.3 is 0 Å². The molecule has 0 atom stereocenters. The fourth-order valence-corrected chi connectivity index (χ4v) is 11.8. The average Bonchev–Trinajstić information content (AvgIpc) is 1.97. The van der Waals surface area contributed by atoms with Crippen LogP contribution in [0.1, 0.15) is 6.42 Å². The molecule has 0 aromatic rings. The molecular weight excluding hydrogens is 564 g/mol. The summed E-state index contributed by atoms with van der Waals surface area (Å²) < 4.78 is -2.20. The molecular formula is C10H20I2Os. The zero-order valence-corrected chi connectivity index (χ0v) is 15.9. The van der Waals surface area contributed by atoms with Gasteiger partial charge in [-0.15, -0.1) is 0 Å². The van der Waals surface area contributed by atoms with Gasteiger partial charge in [-0.3, -0.25) is 0 Å². The van der Waals surface area contributed by atoms with Gasteiger partial charge >= 0.3 is 98.7 Å². The molecule has 0 bridgehead atoms. The van der Waals surface area contributed by atoms with Crippen LogP contribution in [0.5, 0.6) is 0 Å². The summed E-state index contributed by atoms with van der Waals surface area (Å²) in [5.74, 6) is 0. The topological polar surface area (TPSA) is 0 Å². The first-order valence-corrected chi connectivity index (χ1v) is 32.3. The van der Waals surface area contributed by atoms with Crippen molar-refractivity contribution < 1.29 is 3.17 Å². The first-order chi connectivity index (χ1) is 5.00. The molecule has 0 aromatic carbocycles. The van der Waals surface area contributed by atoms with Crippen LogP contribution in [0.4, 0.5) is 0 Å². The summed E-state index contributed by atoms with van der Waals surface area (Å²) in [5.41, 5.74) is 12.4. The molecule has 0 N–H and O–H groups in total. The van der Waals surface area contributed by atoms with Crippen LogP contribution in [0, 0.1) is 0 Å². The molecule has 0 saturated heterocycles. The average molecular weight is 584 g/mol. The molecule has 0 aliphatic heterocycles. The monoisotopic (exact) mass is 586 g/mol. The third-order valence-electron chi connectivity index (χ3n) is 2.02. The summed E-state index contributed by atoms with van der Waals surface area (Å²) in [6.45, 7) is 0. The molecule has 1 rings (SSSR count). The van der Waals surface area contributed by atoms with E-state index in [1.54, 1.807) is 4.13 Å².